The molecule has 0 aliphatic rings. The molecule has 0 unspecified atom stereocenters. The molecular formula is H2I4KPb+. The molecule has 0 aliphatic heterocycles. The van der Waals surface area contributed by atoms with Crippen molar-refractivity contribution < 1.29 is 1.43 Å². The van der Waals surface area contributed by atoms with Crippen LogP contribution in [0.1, 0.15) is 1.43 Å². The molecule has 6 heavy (non-hydrogen) atoms. The topological polar surface area (TPSA) is 0 Å². The van der Waals surface area contributed by atoms with Gasteiger partial charge in [-0.25, -0.2) is 0 Å². The van der Waals surface area contributed by atoms with Gasteiger partial charge in [0, 0.05) is 0 Å². The summed E-state index contributed by atoms with van der Waals surface area (Å²) in [5, 5.41) is 0. The molecule has 0 aliphatic carbocycles. The number of rotatable bonds is 0. The van der Waals surface area contributed by atoms with Crippen molar-refractivity contribution in [1.82, 2.24) is 0 Å². The van der Waals surface area contributed by atoms with Gasteiger partial charge in [0.1, 0.15) is 0 Å². The van der Waals surface area contributed by atoms with Crippen molar-refractivity contribution in [3.05, 3.63) is 0 Å². The predicted molar refractivity (Wildman–Crippen MR) is 70.1 cm³/mol. The summed E-state index contributed by atoms with van der Waals surface area (Å²) >= 11 is 10.2. The molecule has 0 amide bonds. The van der Waals surface area contributed by atoms with Gasteiger partial charge >= 0.3 is 128 Å². The van der Waals surface area contributed by atoms with E-state index in [4.69, 9.17) is 0 Å². The predicted octanol–water partition coefficient (Wildman–Crippen LogP) is 2.63. The second kappa shape index (κ2) is 7.15. The first-order chi connectivity index (χ1) is 2.00. The Morgan fingerprint density at radius 3 is 1.00 bits per heavy atom. The minimum atomic E-state index is -1.40. The van der Waals surface area contributed by atoms with Crippen LogP contribution < -0.4 is 0 Å². The van der Waals surface area contributed by atoms with Crippen LogP contribution >= 0.6 is 71.0 Å². The van der Waals surface area contributed by atoms with Crippen LogP contribution in [0.3, 0.4) is 0 Å². The second-order valence-corrected chi connectivity index (χ2v) is 169. The molecule has 0 nitrogen and oxygen atoms in total. The van der Waals surface area contributed by atoms with Gasteiger partial charge in [0.15, 0.2) is 0 Å². The maximum absolute atomic E-state index is 2.56. The van der Waals surface area contributed by atoms with Crippen LogP contribution in [-0.2, 0) is 0 Å². The molecule has 34 valence electrons. The first-order valence-electron chi connectivity index (χ1n) is 0.756. The van der Waals surface area contributed by atoms with Crippen molar-refractivity contribution in [1.29, 1.82) is 0 Å². The van der Waals surface area contributed by atoms with E-state index in [9.17, 15) is 0 Å². The molecular weight excluding hydrogens is 754 g/mol. The van der Waals surface area contributed by atoms with Gasteiger partial charge in [-0.2, -0.15) is 0 Å². The first-order valence-corrected chi connectivity index (χ1v) is 44.5. The quantitative estimate of drug-likeness (QED) is 0.264. The van der Waals surface area contributed by atoms with Crippen LogP contribution in [-0.4, -0.2) is 55.4 Å². The Kier molecular flexibility index (Phi) is 16.7. The zero-order valence-corrected chi connectivity index (χ0v) is 14.5. The Morgan fingerprint density at radius 2 is 1.00 bits per heavy atom. The fraction of sp³-hybridized carbons (Fsp3) is 0. The van der Waals surface area contributed by atoms with Gasteiger partial charge in [0.25, 0.3) is 0 Å². The molecule has 0 fully saturated rings. The zero-order valence-electron chi connectivity index (χ0n) is 3.01. The molecule has 0 saturated carbocycles. The summed E-state index contributed by atoms with van der Waals surface area (Å²) in [6.07, 6.45) is 0. The van der Waals surface area contributed by atoms with Crippen LogP contribution in [0.25, 0.3) is 0 Å². The van der Waals surface area contributed by atoms with Gasteiger partial charge in [-0.15, -0.1) is 0 Å². The van der Waals surface area contributed by atoms with Crippen LogP contribution in [0.2, 0.25) is 0 Å². The summed E-state index contributed by atoms with van der Waals surface area (Å²) in [7, 11) is 0. The molecule has 0 saturated heterocycles. The summed E-state index contributed by atoms with van der Waals surface area (Å²) in [6.45, 7) is 0. The molecule has 0 radical (unpaired) electrons. The van der Waals surface area contributed by atoms with E-state index in [0.29, 0.717) is 0 Å². The molecule has 0 atom stereocenters. The minimum absolute atomic E-state index is 0. The monoisotopic (exact) mass is 757 g/mol. The van der Waals surface area contributed by atoms with Crippen molar-refractivity contribution in [2.45, 2.75) is 0 Å². The van der Waals surface area contributed by atoms with E-state index in [1.165, 1.54) is 0 Å². The van der Waals surface area contributed by atoms with Crippen molar-refractivity contribution in [2.24, 2.45) is 0 Å². The molecule has 0 aromatic heterocycles. The third kappa shape index (κ3) is 22.7. The van der Waals surface area contributed by atoms with Crippen molar-refractivity contribution in [3.8, 4) is 0 Å². The van der Waals surface area contributed by atoms with E-state index in [0.717, 1.165) is 0 Å². The van der Waals surface area contributed by atoms with Gasteiger partial charge in [-0.3, -0.25) is 0 Å². The third-order valence-corrected chi connectivity index (χ3v) is 0. The average Bonchev–Trinajstić information content (AvgIpc) is 0.722. The van der Waals surface area contributed by atoms with Crippen LogP contribution in [0.15, 0.2) is 0 Å². The van der Waals surface area contributed by atoms with Crippen molar-refractivity contribution in [3.63, 3.8) is 0 Å². The van der Waals surface area contributed by atoms with E-state index in [1.807, 2.05) is 0 Å². The van der Waals surface area contributed by atoms with E-state index in [2.05, 4.69) is 71.0 Å². The number of hydrogen-bond donors (Lipinski definition) is 0. The SMILES string of the molecule is [H+].[I][Pb]([I])([I])[I].[KH]. The standard InChI is InChI=1S/4HI.K.Pb.H/h4*1H;;;/q;;;;;+4;/p-3. The Morgan fingerprint density at radius 1 is 1.00 bits per heavy atom. The zero-order chi connectivity index (χ0) is 4.50. The first kappa shape index (κ1) is 14.0. The molecule has 6 heteroatoms. The van der Waals surface area contributed by atoms with E-state index in [-0.39, 0.29) is 52.8 Å². The van der Waals surface area contributed by atoms with Crippen molar-refractivity contribution >= 4 is 126 Å². The Labute approximate surface area is 122 Å². The Balaban J connectivity index is -0.0000000800. The molecule has 0 spiro atoms. The fourth-order valence-corrected chi connectivity index (χ4v) is 0. The molecule has 0 heterocycles. The average molecular weight is 756 g/mol. The molecule has 0 aromatic carbocycles. The molecule has 0 aromatic rings. The number of halogens is 4. The Hall–Kier alpha value is 5.48. The Bertz CT molecular complexity index is 27.2. The fourth-order valence-electron chi connectivity index (χ4n) is 0. The number of hydrogen-bond acceptors (Lipinski definition) is 0. The van der Waals surface area contributed by atoms with Crippen LogP contribution in [0.5, 0.6) is 0 Å². The summed E-state index contributed by atoms with van der Waals surface area (Å²) in [4.78, 5) is 0. The van der Waals surface area contributed by atoms with Gasteiger partial charge in [-0.1, -0.05) is 0 Å². The molecule has 0 rings (SSSR count). The van der Waals surface area contributed by atoms with Gasteiger partial charge in [0.2, 0.25) is 0 Å². The third-order valence-electron chi connectivity index (χ3n) is 0. The summed E-state index contributed by atoms with van der Waals surface area (Å²) in [5.41, 5.74) is 0. The van der Waals surface area contributed by atoms with Crippen LogP contribution in [0, 0.1) is 0 Å². The molecule has 0 N–H and O–H groups in total. The maximum atomic E-state index is 2.56. The van der Waals surface area contributed by atoms with Gasteiger partial charge in [-0.05, 0) is 0 Å². The van der Waals surface area contributed by atoms with E-state index >= 15 is 0 Å². The second-order valence-electron chi connectivity index (χ2n) is 0.429. The van der Waals surface area contributed by atoms with Gasteiger partial charge in [0.05, 0.1) is 0 Å². The molecule has 0 bridgehead atoms. The van der Waals surface area contributed by atoms with Gasteiger partial charge < -0.3 is 0 Å². The van der Waals surface area contributed by atoms with Crippen molar-refractivity contribution in [2.75, 3.05) is 0 Å². The van der Waals surface area contributed by atoms with Crippen LogP contribution in [0.4, 0.5) is 0 Å². The summed E-state index contributed by atoms with van der Waals surface area (Å²) in [6, 6.07) is 0. The summed E-state index contributed by atoms with van der Waals surface area (Å²) in [5.74, 6) is 0. The van der Waals surface area contributed by atoms with E-state index < -0.39 is 4.00 Å². The summed E-state index contributed by atoms with van der Waals surface area (Å²) < 4.78 is -1.40. The normalized spacial score (nSPS) is 10.0. The van der Waals surface area contributed by atoms with E-state index in [1.54, 1.807) is 0 Å².